The van der Waals surface area contributed by atoms with Gasteiger partial charge >= 0.3 is 5.69 Å². The Hall–Kier alpha value is -1.49. The van der Waals surface area contributed by atoms with E-state index in [9.17, 15) is 18.0 Å². The van der Waals surface area contributed by atoms with Gasteiger partial charge in [-0.15, -0.1) is 0 Å². The van der Waals surface area contributed by atoms with Crippen LogP contribution in [0.3, 0.4) is 0 Å². The predicted octanol–water partition coefficient (Wildman–Crippen LogP) is 0.628. The molecule has 0 aliphatic carbocycles. The molecule has 1 fully saturated rings. The van der Waals surface area contributed by atoms with Crippen molar-refractivity contribution >= 4 is 10.1 Å². The van der Waals surface area contributed by atoms with E-state index in [1.807, 2.05) is 0 Å². The molecule has 148 valence electrons. The smallest absolute Gasteiger partial charge is 0.330 e. The molecule has 0 saturated carbocycles. The van der Waals surface area contributed by atoms with Crippen molar-refractivity contribution in [3.05, 3.63) is 32.6 Å². The molecular weight excluding hydrogens is 362 g/mol. The number of nitrogens with one attached hydrogen (secondary N) is 2. The van der Waals surface area contributed by atoms with Gasteiger partial charge in [0.15, 0.2) is 0 Å². The molecule has 1 aliphatic heterocycles. The molecular formula is C16H27N3O6S. The third-order valence-electron chi connectivity index (χ3n) is 4.65. The maximum Gasteiger partial charge on any atom is 0.330 e. The molecule has 9 nitrogen and oxygen atoms in total. The minimum absolute atomic E-state index is 0.00565. The number of hydrogen-bond acceptors (Lipinski definition) is 6. The lowest BCUT2D eigenvalue weighted by atomic mass is 10.00. The molecule has 1 saturated heterocycles. The topological polar surface area (TPSA) is 130 Å². The summed E-state index contributed by atoms with van der Waals surface area (Å²) in [6.07, 6.45) is 4.72. The first-order valence-corrected chi connectivity index (χ1v) is 10.5. The van der Waals surface area contributed by atoms with Crippen LogP contribution in [0.1, 0.15) is 51.3 Å². The standard InChI is InChI=1S/C16H27N3O6S/c1-3-11(2)8-13-4-5-14(25-13)19-10-12(15(20)18-16(19)21)9-17-6-7-26(22,23)24/h10-11,13-14,17H,3-9H2,1-2H3,(H,18,20,21)(H,22,23,24)/t11?,13?,14-/m1/s1. The van der Waals surface area contributed by atoms with Crippen LogP contribution in [0.2, 0.25) is 0 Å². The van der Waals surface area contributed by atoms with Crippen LogP contribution in [0.4, 0.5) is 0 Å². The molecule has 0 spiro atoms. The number of aromatic nitrogens is 2. The third kappa shape index (κ3) is 6.04. The first-order chi connectivity index (χ1) is 12.2. The van der Waals surface area contributed by atoms with Crippen LogP contribution in [0, 0.1) is 5.92 Å². The van der Waals surface area contributed by atoms with Crippen LogP contribution in [-0.2, 0) is 21.4 Å². The Morgan fingerprint density at radius 3 is 2.81 bits per heavy atom. The summed E-state index contributed by atoms with van der Waals surface area (Å²) in [5.41, 5.74) is -0.750. The summed E-state index contributed by atoms with van der Waals surface area (Å²) in [6, 6.07) is 0. The Labute approximate surface area is 152 Å². The number of hydrogen-bond donors (Lipinski definition) is 3. The van der Waals surface area contributed by atoms with Crippen LogP contribution >= 0.6 is 0 Å². The zero-order valence-corrected chi connectivity index (χ0v) is 15.9. The molecule has 26 heavy (non-hydrogen) atoms. The highest BCUT2D eigenvalue weighted by Gasteiger charge is 2.28. The quantitative estimate of drug-likeness (QED) is 0.417. The Kier molecular flexibility index (Phi) is 7.16. The van der Waals surface area contributed by atoms with E-state index in [1.54, 1.807) is 0 Å². The van der Waals surface area contributed by atoms with E-state index in [1.165, 1.54) is 10.8 Å². The van der Waals surface area contributed by atoms with E-state index >= 15 is 0 Å². The van der Waals surface area contributed by atoms with Gasteiger partial charge in [0.2, 0.25) is 0 Å². The fourth-order valence-electron chi connectivity index (χ4n) is 2.97. The Balaban J connectivity index is 2.03. The normalized spacial score (nSPS) is 21.8. The molecule has 0 aromatic carbocycles. The number of rotatable bonds is 9. The fourth-order valence-corrected chi connectivity index (χ4v) is 3.37. The molecule has 2 heterocycles. The van der Waals surface area contributed by atoms with Gasteiger partial charge in [-0.2, -0.15) is 8.42 Å². The Bertz CT molecular complexity index is 816. The lowest BCUT2D eigenvalue weighted by Crippen LogP contribution is -2.36. The average molecular weight is 389 g/mol. The van der Waals surface area contributed by atoms with Crippen LogP contribution in [-0.4, -0.2) is 40.9 Å². The zero-order chi connectivity index (χ0) is 19.3. The zero-order valence-electron chi connectivity index (χ0n) is 15.1. The fraction of sp³-hybridized carbons (Fsp3) is 0.750. The van der Waals surface area contributed by atoms with Gasteiger partial charge in [0.05, 0.1) is 11.9 Å². The third-order valence-corrected chi connectivity index (χ3v) is 5.37. The van der Waals surface area contributed by atoms with Gasteiger partial charge < -0.3 is 10.1 Å². The monoisotopic (exact) mass is 389 g/mol. The lowest BCUT2D eigenvalue weighted by molar-refractivity contribution is -0.0103. The van der Waals surface area contributed by atoms with E-state index in [0.717, 1.165) is 19.3 Å². The van der Waals surface area contributed by atoms with Crippen molar-refractivity contribution in [2.75, 3.05) is 12.3 Å². The first-order valence-electron chi connectivity index (χ1n) is 8.85. The van der Waals surface area contributed by atoms with E-state index < -0.39 is 33.3 Å². The molecule has 0 amide bonds. The molecule has 0 radical (unpaired) electrons. The Morgan fingerprint density at radius 2 is 2.15 bits per heavy atom. The molecule has 1 aliphatic rings. The van der Waals surface area contributed by atoms with Crippen molar-refractivity contribution in [3.63, 3.8) is 0 Å². The van der Waals surface area contributed by atoms with Gasteiger partial charge in [0.25, 0.3) is 15.7 Å². The average Bonchev–Trinajstić information content (AvgIpc) is 3.00. The largest absolute Gasteiger partial charge is 0.355 e. The second kappa shape index (κ2) is 8.94. The van der Waals surface area contributed by atoms with Crippen LogP contribution in [0.15, 0.2) is 15.8 Å². The van der Waals surface area contributed by atoms with Crippen LogP contribution in [0.25, 0.3) is 0 Å². The van der Waals surface area contributed by atoms with E-state index in [0.29, 0.717) is 17.9 Å². The highest BCUT2D eigenvalue weighted by molar-refractivity contribution is 7.85. The van der Waals surface area contributed by atoms with Crippen LogP contribution < -0.4 is 16.6 Å². The molecule has 10 heteroatoms. The minimum Gasteiger partial charge on any atom is -0.355 e. The summed E-state index contributed by atoms with van der Waals surface area (Å²) in [7, 11) is -4.06. The molecule has 1 aromatic heterocycles. The number of nitrogens with zero attached hydrogens (tertiary/aromatic N) is 1. The van der Waals surface area contributed by atoms with Crippen molar-refractivity contribution < 1.29 is 17.7 Å². The van der Waals surface area contributed by atoms with Crippen molar-refractivity contribution in [2.24, 2.45) is 5.92 Å². The van der Waals surface area contributed by atoms with Gasteiger partial charge in [0, 0.05) is 24.8 Å². The molecule has 3 atom stereocenters. The predicted molar refractivity (Wildman–Crippen MR) is 96.7 cm³/mol. The van der Waals surface area contributed by atoms with Crippen molar-refractivity contribution in [1.82, 2.24) is 14.9 Å². The lowest BCUT2D eigenvalue weighted by Gasteiger charge is -2.18. The molecule has 1 aromatic rings. The second-order valence-corrected chi connectivity index (χ2v) is 8.39. The molecule has 2 unspecified atom stereocenters. The minimum atomic E-state index is -4.06. The summed E-state index contributed by atoms with van der Waals surface area (Å²) in [5.74, 6) is 0.0988. The van der Waals surface area contributed by atoms with Crippen molar-refractivity contribution in [3.8, 4) is 0 Å². The Morgan fingerprint density at radius 1 is 1.42 bits per heavy atom. The summed E-state index contributed by atoms with van der Waals surface area (Å²) in [6.45, 7) is 4.37. The summed E-state index contributed by atoms with van der Waals surface area (Å²) < 4.78 is 37.5. The van der Waals surface area contributed by atoms with Gasteiger partial charge in [-0.25, -0.2) is 4.79 Å². The van der Waals surface area contributed by atoms with Gasteiger partial charge in [-0.05, 0) is 25.2 Å². The maximum absolute atomic E-state index is 12.1. The first kappa shape index (κ1) is 20.8. The molecule has 3 N–H and O–H groups in total. The van der Waals surface area contributed by atoms with Gasteiger partial charge in [-0.1, -0.05) is 20.3 Å². The second-order valence-electron chi connectivity index (χ2n) is 6.82. The summed E-state index contributed by atoms with van der Waals surface area (Å²) >= 11 is 0. The van der Waals surface area contributed by atoms with E-state index in [4.69, 9.17) is 9.29 Å². The molecule has 0 bridgehead atoms. The van der Waals surface area contributed by atoms with E-state index in [-0.39, 0.29) is 19.2 Å². The van der Waals surface area contributed by atoms with Crippen molar-refractivity contribution in [2.45, 2.75) is 58.4 Å². The SMILES string of the molecule is CCC(C)CC1CC[C@H](n2cc(CNCCS(=O)(=O)O)c(=O)[nH]c2=O)O1. The molecule has 2 rings (SSSR count). The summed E-state index contributed by atoms with van der Waals surface area (Å²) in [5, 5.41) is 2.76. The maximum atomic E-state index is 12.1. The highest BCUT2D eigenvalue weighted by Crippen LogP contribution is 2.31. The number of H-pyrrole nitrogens is 1. The highest BCUT2D eigenvalue weighted by atomic mass is 32.2. The van der Waals surface area contributed by atoms with E-state index in [2.05, 4.69) is 24.1 Å². The number of aromatic amines is 1. The van der Waals surface area contributed by atoms with Gasteiger partial charge in [-0.3, -0.25) is 18.9 Å². The van der Waals surface area contributed by atoms with Crippen LogP contribution in [0.5, 0.6) is 0 Å². The van der Waals surface area contributed by atoms with Crippen molar-refractivity contribution in [1.29, 1.82) is 0 Å². The van der Waals surface area contributed by atoms with Gasteiger partial charge in [0.1, 0.15) is 6.23 Å². The number of ether oxygens (including phenoxy) is 1. The summed E-state index contributed by atoms with van der Waals surface area (Å²) in [4.78, 5) is 26.3.